The molecule has 1 aromatic carbocycles. The summed E-state index contributed by atoms with van der Waals surface area (Å²) in [6.45, 7) is 1.58. The van der Waals surface area contributed by atoms with Gasteiger partial charge in [0, 0.05) is 26.2 Å². The van der Waals surface area contributed by atoms with Crippen molar-refractivity contribution in [2.24, 2.45) is 0 Å². The summed E-state index contributed by atoms with van der Waals surface area (Å²) in [5.74, 6) is -0.838. The summed E-state index contributed by atoms with van der Waals surface area (Å²) in [7, 11) is 1.30. The lowest BCUT2D eigenvalue weighted by Crippen LogP contribution is -2.50. The van der Waals surface area contributed by atoms with Gasteiger partial charge in [-0.3, -0.25) is 9.59 Å². The highest BCUT2D eigenvalue weighted by Gasteiger charge is 2.27. The lowest BCUT2D eigenvalue weighted by atomic mass is 10.1. The van der Waals surface area contributed by atoms with Crippen LogP contribution in [0.3, 0.4) is 0 Å². The maximum absolute atomic E-state index is 12.7. The van der Waals surface area contributed by atoms with Crippen LogP contribution in [0.1, 0.15) is 29.7 Å². The van der Waals surface area contributed by atoms with E-state index in [0.717, 1.165) is 11.3 Å². The van der Waals surface area contributed by atoms with Crippen LogP contribution in [0.5, 0.6) is 0 Å². The quantitative estimate of drug-likeness (QED) is 0.704. The highest BCUT2D eigenvalue weighted by molar-refractivity contribution is 7.15. The van der Waals surface area contributed by atoms with Gasteiger partial charge in [-0.15, -0.1) is 11.3 Å². The molecule has 0 spiro atoms. The van der Waals surface area contributed by atoms with Crippen molar-refractivity contribution in [1.29, 1.82) is 0 Å². The lowest BCUT2D eigenvalue weighted by molar-refractivity contribution is 0.0538. The third-order valence-electron chi connectivity index (χ3n) is 4.24. The summed E-state index contributed by atoms with van der Waals surface area (Å²) < 4.78 is 4.66. The van der Waals surface area contributed by atoms with E-state index < -0.39 is 5.97 Å². The Morgan fingerprint density at radius 3 is 2.15 bits per heavy atom. The number of piperazine rings is 1. The summed E-state index contributed by atoms with van der Waals surface area (Å²) in [4.78, 5) is 41.0. The minimum absolute atomic E-state index is 0.164. The van der Waals surface area contributed by atoms with Gasteiger partial charge < -0.3 is 14.5 Å². The smallest absolute Gasteiger partial charge is 0.348 e. The molecule has 0 N–H and O–H groups in total. The van der Waals surface area contributed by atoms with E-state index in [0.29, 0.717) is 46.5 Å². The molecular weight excluding hydrogens is 411 g/mol. The van der Waals surface area contributed by atoms with E-state index in [4.69, 9.17) is 23.2 Å². The Balaban J connectivity index is 1.64. The summed E-state index contributed by atoms with van der Waals surface area (Å²) in [5, 5.41) is 0.562. The second-order valence-corrected chi connectivity index (χ2v) is 7.71. The van der Waals surface area contributed by atoms with Gasteiger partial charge in [-0.25, -0.2) is 4.79 Å². The molecule has 2 aromatic rings. The Morgan fingerprint density at radius 2 is 1.52 bits per heavy atom. The van der Waals surface area contributed by atoms with Crippen molar-refractivity contribution in [3.05, 3.63) is 55.7 Å². The molecule has 142 valence electrons. The number of carbonyl (C=O) groups excluding carboxylic acids is 3. The molecule has 1 saturated heterocycles. The molecule has 0 saturated carbocycles. The van der Waals surface area contributed by atoms with Gasteiger partial charge in [0.2, 0.25) is 0 Å². The molecular formula is C18H16Cl2N2O4S. The molecule has 1 aromatic heterocycles. The van der Waals surface area contributed by atoms with Crippen molar-refractivity contribution >= 4 is 52.3 Å². The van der Waals surface area contributed by atoms with E-state index >= 15 is 0 Å². The first-order valence-corrected chi connectivity index (χ1v) is 9.70. The van der Waals surface area contributed by atoms with Crippen molar-refractivity contribution in [2.45, 2.75) is 0 Å². The number of carbonyl (C=O) groups is 3. The van der Waals surface area contributed by atoms with E-state index in [1.54, 1.807) is 40.1 Å². The van der Waals surface area contributed by atoms with Gasteiger partial charge in [0.25, 0.3) is 11.8 Å². The SMILES string of the molecule is COC(=O)c1ccc(C(=O)N2CCN(C(=O)c3cccc(Cl)c3Cl)CC2)s1. The number of hydrogen-bond acceptors (Lipinski definition) is 5. The van der Waals surface area contributed by atoms with Crippen LogP contribution in [0.2, 0.25) is 10.0 Å². The molecule has 9 heteroatoms. The number of halogens is 2. The summed E-state index contributed by atoms with van der Waals surface area (Å²) >= 11 is 13.2. The van der Waals surface area contributed by atoms with Gasteiger partial charge in [0.1, 0.15) is 4.88 Å². The maximum atomic E-state index is 12.7. The van der Waals surface area contributed by atoms with Crippen LogP contribution < -0.4 is 0 Å². The Morgan fingerprint density at radius 1 is 0.926 bits per heavy atom. The second-order valence-electron chi connectivity index (χ2n) is 5.84. The molecule has 0 atom stereocenters. The molecule has 2 amide bonds. The molecule has 1 fully saturated rings. The zero-order valence-electron chi connectivity index (χ0n) is 14.4. The van der Waals surface area contributed by atoms with Crippen LogP contribution in [0, 0.1) is 0 Å². The Hall–Kier alpha value is -2.09. The predicted octanol–water partition coefficient (Wildman–Crippen LogP) is 3.44. The standard InChI is InChI=1S/C18H16Cl2N2O4S/c1-26-18(25)14-6-5-13(27-14)17(24)22-9-7-21(8-10-22)16(23)11-3-2-4-12(19)15(11)20/h2-6H,7-10H2,1H3. The normalized spacial score (nSPS) is 14.2. The van der Waals surface area contributed by atoms with Gasteiger partial charge in [-0.05, 0) is 24.3 Å². The monoisotopic (exact) mass is 426 g/mol. The molecule has 6 nitrogen and oxygen atoms in total. The van der Waals surface area contributed by atoms with Gasteiger partial charge in [-0.2, -0.15) is 0 Å². The van der Waals surface area contributed by atoms with Gasteiger partial charge in [-0.1, -0.05) is 29.3 Å². The van der Waals surface area contributed by atoms with Crippen molar-refractivity contribution < 1.29 is 19.1 Å². The minimum atomic E-state index is -0.465. The fourth-order valence-electron chi connectivity index (χ4n) is 2.77. The Kier molecular flexibility index (Phi) is 6.04. The molecule has 0 unspecified atom stereocenters. The molecule has 27 heavy (non-hydrogen) atoms. The summed E-state index contributed by atoms with van der Waals surface area (Å²) in [6.07, 6.45) is 0. The number of ether oxygens (including phenoxy) is 1. The van der Waals surface area contributed by atoms with Crippen molar-refractivity contribution in [1.82, 2.24) is 9.80 Å². The molecule has 1 aliphatic heterocycles. The first-order chi connectivity index (χ1) is 12.9. The number of nitrogens with zero attached hydrogens (tertiary/aromatic N) is 2. The molecule has 0 aliphatic carbocycles. The van der Waals surface area contributed by atoms with E-state index in [1.807, 2.05) is 0 Å². The van der Waals surface area contributed by atoms with E-state index in [9.17, 15) is 14.4 Å². The molecule has 0 radical (unpaired) electrons. The minimum Gasteiger partial charge on any atom is -0.465 e. The summed E-state index contributed by atoms with van der Waals surface area (Å²) in [5.41, 5.74) is 0.352. The number of esters is 1. The number of amides is 2. The highest BCUT2D eigenvalue weighted by Crippen LogP contribution is 2.27. The number of hydrogen-bond donors (Lipinski definition) is 0. The summed E-state index contributed by atoms with van der Waals surface area (Å²) in [6, 6.07) is 8.12. The van der Waals surface area contributed by atoms with Crippen molar-refractivity contribution in [3.8, 4) is 0 Å². The van der Waals surface area contributed by atoms with Gasteiger partial charge in [0.05, 0.1) is 27.6 Å². The molecule has 0 bridgehead atoms. The Bertz CT molecular complexity index is 891. The topological polar surface area (TPSA) is 66.9 Å². The third-order valence-corrected chi connectivity index (χ3v) is 6.11. The van der Waals surface area contributed by atoms with Gasteiger partial charge in [0.15, 0.2) is 0 Å². The van der Waals surface area contributed by atoms with Crippen LogP contribution in [-0.4, -0.2) is 60.9 Å². The van der Waals surface area contributed by atoms with Crippen LogP contribution in [0.4, 0.5) is 0 Å². The Labute approximate surface area is 170 Å². The zero-order chi connectivity index (χ0) is 19.6. The number of methoxy groups -OCH3 is 1. The second kappa shape index (κ2) is 8.29. The largest absolute Gasteiger partial charge is 0.465 e. The first kappa shape index (κ1) is 19.7. The molecule has 1 aliphatic rings. The van der Waals surface area contributed by atoms with Crippen molar-refractivity contribution in [3.63, 3.8) is 0 Å². The number of thiophene rings is 1. The fraction of sp³-hybridized carbons (Fsp3) is 0.278. The first-order valence-electron chi connectivity index (χ1n) is 8.13. The number of benzene rings is 1. The van der Waals surface area contributed by atoms with Crippen LogP contribution in [-0.2, 0) is 4.74 Å². The predicted molar refractivity (Wildman–Crippen MR) is 104 cm³/mol. The molecule has 2 heterocycles. The lowest BCUT2D eigenvalue weighted by Gasteiger charge is -2.34. The van der Waals surface area contributed by atoms with Gasteiger partial charge >= 0.3 is 5.97 Å². The average molecular weight is 427 g/mol. The zero-order valence-corrected chi connectivity index (χ0v) is 16.7. The molecule has 3 rings (SSSR count). The van der Waals surface area contributed by atoms with Crippen molar-refractivity contribution in [2.75, 3.05) is 33.3 Å². The fourth-order valence-corrected chi connectivity index (χ4v) is 4.04. The van der Waals surface area contributed by atoms with Crippen LogP contribution >= 0.6 is 34.5 Å². The average Bonchev–Trinajstić information content (AvgIpc) is 3.19. The third kappa shape index (κ3) is 4.10. The number of rotatable bonds is 3. The van der Waals surface area contributed by atoms with E-state index in [2.05, 4.69) is 4.74 Å². The van der Waals surface area contributed by atoms with Crippen LogP contribution in [0.15, 0.2) is 30.3 Å². The van der Waals surface area contributed by atoms with E-state index in [1.165, 1.54) is 7.11 Å². The highest BCUT2D eigenvalue weighted by atomic mass is 35.5. The van der Waals surface area contributed by atoms with Crippen LogP contribution in [0.25, 0.3) is 0 Å². The van der Waals surface area contributed by atoms with E-state index in [-0.39, 0.29) is 16.8 Å². The maximum Gasteiger partial charge on any atom is 0.348 e.